The maximum absolute atomic E-state index is 11.9. The SMILES string of the molecule is Cc1cccc(N2C(=O)[C@@H](N)C[C@H]2C(=O)O)c1. The molecule has 1 amide bonds. The molecule has 2 rings (SSSR count). The summed E-state index contributed by atoms with van der Waals surface area (Å²) in [6.45, 7) is 1.89. The van der Waals surface area contributed by atoms with Crippen molar-refractivity contribution >= 4 is 17.6 Å². The van der Waals surface area contributed by atoms with Crippen LogP contribution in [0.5, 0.6) is 0 Å². The van der Waals surface area contributed by atoms with Crippen LogP contribution in [0.15, 0.2) is 24.3 Å². The van der Waals surface area contributed by atoms with Gasteiger partial charge < -0.3 is 10.8 Å². The summed E-state index contributed by atoms with van der Waals surface area (Å²) in [5.74, 6) is -1.35. The summed E-state index contributed by atoms with van der Waals surface area (Å²) in [4.78, 5) is 24.3. The average molecular weight is 234 g/mol. The van der Waals surface area contributed by atoms with E-state index >= 15 is 0 Å². The van der Waals surface area contributed by atoms with E-state index in [1.54, 1.807) is 18.2 Å². The lowest BCUT2D eigenvalue weighted by Gasteiger charge is -2.21. The van der Waals surface area contributed by atoms with Gasteiger partial charge in [0.2, 0.25) is 5.91 Å². The lowest BCUT2D eigenvalue weighted by Crippen LogP contribution is -2.40. The van der Waals surface area contributed by atoms with Crippen molar-refractivity contribution in [3.63, 3.8) is 0 Å². The molecule has 0 radical (unpaired) electrons. The Balaban J connectivity index is 2.41. The topological polar surface area (TPSA) is 83.6 Å². The summed E-state index contributed by atoms with van der Waals surface area (Å²) in [5.41, 5.74) is 7.18. The number of nitrogens with zero attached hydrogens (tertiary/aromatic N) is 1. The van der Waals surface area contributed by atoms with Crippen LogP contribution in [0.3, 0.4) is 0 Å². The molecule has 0 unspecified atom stereocenters. The number of carboxylic acids is 1. The molecule has 90 valence electrons. The smallest absolute Gasteiger partial charge is 0.326 e. The van der Waals surface area contributed by atoms with Crippen LogP contribution in [0.2, 0.25) is 0 Å². The molecule has 0 aromatic heterocycles. The molecule has 1 aromatic rings. The molecule has 5 nitrogen and oxygen atoms in total. The number of hydrogen-bond donors (Lipinski definition) is 2. The van der Waals surface area contributed by atoms with Crippen LogP contribution in [0.4, 0.5) is 5.69 Å². The second-order valence-electron chi connectivity index (χ2n) is 4.24. The maximum Gasteiger partial charge on any atom is 0.326 e. The van der Waals surface area contributed by atoms with Crippen molar-refractivity contribution < 1.29 is 14.7 Å². The molecular weight excluding hydrogens is 220 g/mol. The van der Waals surface area contributed by atoms with Gasteiger partial charge in [0.05, 0.1) is 6.04 Å². The first-order chi connectivity index (χ1) is 8.00. The number of carbonyl (C=O) groups excluding carboxylic acids is 1. The van der Waals surface area contributed by atoms with E-state index in [9.17, 15) is 9.59 Å². The van der Waals surface area contributed by atoms with Gasteiger partial charge in [0.1, 0.15) is 6.04 Å². The second-order valence-corrected chi connectivity index (χ2v) is 4.24. The van der Waals surface area contributed by atoms with E-state index in [-0.39, 0.29) is 12.3 Å². The summed E-state index contributed by atoms with van der Waals surface area (Å²) in [6, 6.07) is 5.60. The van der Waals surface area contributed by atoms with Crippen molar-refractivity contribution in [3.05, 3.63) is 29.8 Å². The van der Waals surface area contributed by atoms with Gasteiger partial charge in [-0.3, -0.25) is 9.69 Å². The van der Waals surface area contributed by atoms with Crippen molar-refractivity contribution in [1.29, 1.82) is 0 Å². The van der Waals surface area contributed by atoms with Gasteiger partial charge in [-0.1, -0.05) is 12.1 Å². The van der Waals surface area contributed by atoms with Crippen LogP contribution in [-0.4, -0.2) is 29.1 Å². The maximum atomic E-state index is 11.9. The lowest BCUT2D eigenvalue weighted by atomic mass is 10.1. The Morgan fingerprint density at radius 3 is 2.82 bits per heavy atom. The fourth-order valence-corrected chi connectivity index (χ4v) is 2.08. The number of aliphatic carboxylic acids is 1. The summed E-state index contributed by atoms with van der Waals surface area (Å²) in [5, 5.41) is 9.10. The minimum atomic E-state index is -1.02. The average Bonchev–Trinajstić information content (AvgIpc) is 2.56. The number of amides is 1. The molecule has 0 saturated carbocycles. The van der Waals surface area contributed by atoms with Crippen LogP contribution >= 0.6 is 0 Å². The minimum Gasteiger partial charge on any atom is -0.480 e. The highest BCUT2D eigenvalue weighted by atomic mass is 16.4. The van der Waals surface area contributed by atoms with Crippen LogP contribution in [0, 0.1) is 6.92 Å². The highest BCUT2D eigenvalue weighted by Gasteiger charge is 2.42. The Kier molecular flexibility index (Phi) is 2.85. The van der Waals surface area contributed by atoms with E-state index in [0.717, 1.165) is 5.56 Å². The molecule has 1 aliphatic rings. The lowest BCUT2D eigenvalue weighted by molar-refractivity contribution is -0.138. The molecule has 2 atom stereocenters. The van der Waals surface area contributed by atoms with E-state index in [1.807, 2.05) is 13.0 Å². The fraction of sp³-hybridized carbons (Fsp3) is 0.333. The second kappa shape index (κ2) is 4.18. The van der Waals surface area contributed by atoms with Gasteiger partial charge in [0, 0.05) is 12.1 Å². The summed E-state index contributed by atoms with van der Waals surface area (Å²) < 4.78 is 0. The molecule has 1 fully saturated rings. The normalized spacial score (nSPS) is 24.1. The van der Waals surface area contributed by atoms with Crippen LogP contribution in [0.1, 0.15) is 12.0 Å². The molecule has 5 heteroatoms. The van der Waals surface area contributed by atoms with E-state index in [4.69, 9.17) is 10.8 Å². The Morgan fingerprint density at radius 1 is 1.53 bits per heavy atom. The first-order valence-corrected chi connectivity index (χ1v) is 5.39. The number of carboxylic acid groups (broad SMARTS) is 1. The first kappa shape index (κ1) is 11.6. The predicted octanol–water partition coefficient (Wildman–Crippen LogP) is 0.512. The van der Waals surface area contributed by atoms with Crippen molar-refractivity contribution in [3.8, 4) is 0 Å². The van der Waals surface area contributed by atoms with Gasteiger partial charge in [-0.05, 0) is 24.6 Å². The molecule has 1 aromatic carbocycles. The molecule has 17 heavy (non-hydrogen) atoms. The quantitative estimate of drug-likeness (QED) is 0.781. The third kappa shape index (κ3) is 2.01. The molecule has 1 saturated heterocycles. The minimum absolute atomic E-state index is 0.155. The van der Waals surface area contributed by atoms with Crippen molar-refractivity contribution in [2.45, 2.75) is 25.4 Å². The van der Waals surface area contributed by atoms with Gasteiger partial charge in [-0.25, -0.2) is 4.79 Å². The van der Waals surface area contributed by atoms with Crippen molar-refractivity contribution in [2.24, 2.45) is 5.73 Å². The highest BCUT2D eigenvalue weighted by molar-refractivity contribution is 6.05. The number of nitrogens with two attached hydrogens (primary N) is 1. The van der Waals surface area contributed by atoms with Crippen LogP contribution in [-0.2, 0) is 9.59 Å². The Hall–Kier alpha value is -1.88. The number of hydrogen-bond acceptors (Lipinski definition) is 3. The van der Waals surface area contributed by atoms with Crippen molar-refractivity contribution in [2.75, 3.05) is 4.90 Å². The van der Waals surface area contributed by atoms with E-state index in [0.29, 0.717) is 5.69 Å². The monoisotopic (exact) mass is 234 g/mol. The molecule has 1 heterocycles. The standard InChI is InChI=1S/C12H14N2O3/c1-7-3-2-4-8(5-7)14-10(12(16)17)6-9(13)11(14)15/h2-5,9-10H,6,13H2,1H3,(H,16,17)/t9-,10-/m0/s1. The van der Waals surface area contributed by atoms with Gasteiger partial charge in [0.25, 0.3) is 0 Å². The van der Waals surface area contributed by atoms with E-state index < -0.39 is 18.1 Å². The van der Waals surface area contributed by atoms with Crippen LogP contribution < -0.4 is 10.6 Å². The van der Waals surface area contributed by atoms with E-state index in [2.05, 4.69) is 0 Å². The highest BCUT2D eigenvalue weighted by Crippen LogP contribution is 2.26. The number of rotatable bonds is 2. The summed E-state index contributed by atoms with van der Waals surface area (Å²) in [6.07, 6.45) is 0.155. The summed E-state index contributed by atoms with van der Waals surface area (Å²) >= 11 is 0. The van der Waals surface area contributed by atoms with Crippen LogP contribution in [0.25, 0.3) is 0 Å². The molecule has 0 bridgehead atoms. The van der Waals surface area contributed by atoms with Gasteiger partial charge in [-0.15, -0.1) is 0 Å². The Morgan fingerprint density at radius 2 is 2.24 bits per heavy atom. The zero-order valence-electron chi connectivity index (χ0n) is 9.46. The molecule has 0 spiro atoms. The first-order valence-electron chi connectivity index (χ1n) is 5.39. The molecule has 3 N–H and O–H groups in total. The zero-order chi connectivity index (χ0) is 12.6. The van der Waals surface area contributed by atoms with Gasteiger partial charge in [0.15, 0.2) is 0 Å². The Bertz CT molecular complexity index is 473. The molecular formula is C12H14N2O3. The largest absolute Gasteiger partial charge is 0.480 e. The van der Waals surface area contributed by atoms with Crippen molar-refractivity contribution in [1.82, 2.24) is 0 Å². The van der Waals surface area contributed by atoms with Gasteiger partial charge in [-0.2, -0.15) is 0 Å². The number of anilines is 1. The summed E-state index contributed by atoms with van der Waals surface area (Å²) in [7, 11) is 0. The third-order valence-electron chi connectivity index (χ3n) is 2.91. The number of carbonyl (C=O) groups is 2. The Labute approximate surface area is 98.8 Å². The fourth-order valence-electron chi connectivity index (χ4n) is 2.08. The number of benzene rings is 1. The molecule has 0 aliphatic carbocycles. The van der Waals surface area contributed by atoms with E-state index in [1.165, 1.54) is 4.90 Å². The van der Waals surface area contributed by atoms with Gasteiger partial charge >= 0.3 is 5.97 Å². The third-order valence-corrected chi connectivity index (χ3v) is 2.91. The zero-order valence-corrected chi connectivity index (χ0v) is 9.46. The molecule has 1 aliphatic heterocycles. The predicted molar refractivity (Wildman–Crippen MR) is 62.7 cm³/mol. The number of aryl methyl sites for hydroxylation is 1.